The highest BCUT2D eigenvalue weighted by molar-refractivity contribution is 9.10. The number of aliphatic hydroxyl groups is 1. The Morgan fingerprint density at radius 1 is 1.44 bits per heavy atom. The Balaban J connectivity index is 2.58. The molecule has 1 atom stereocenters. The molecule has 0 saturated carbocycles. The highest BCUT2D eigenvalue weighted by atomic mass is 79.9. The molecule has 0 fully saturated rings. The zero-order valence-electron chi connectivity index (χ0n) is 10.1. The topological polar surface area (TPSA) is 32.3 Å². The first-order chi connectivity index (χ1) is 7.39. The van der Waals surface area contributed by atoms with E-state index in [0.717, 1.165) is 10.0 Å². The fourth-order valence-corrected chi connectivity index (χ4v) is 2.02. The fourth-order valence-electron chi connectivity index (χ4n) is 1.57. The van der Waals surface area contributed by atoms with Crippen LogP contribution in [0.4, 0.5) is 0 Å². The van der Waals surface area contributed by atoms with E-state index in [1.165, 1.54) is 0 Å². The van der Waals surface area contributed by atoms with Crippen LogP contribution in [0.25, 0.3) is 0 Å². The van der Waals surface area contributed by atoms with Crippen molar-refractivity contribution in [3.05, 3.63) is 34.3 Å². The van der Waals surface area contributed by atoms with Crippen molar-refractivity contribution in [2.45, 2.75) is 38.8 Å². The molecule has 1 aromatic carbocycles. The predicted molar refractivity (Wildman–Crippen MR) is 71.6 cm³/mol. The number of halogens is 1. The van der Waals surface area contributed by atoms with Crippen LogP contribution < -0.4 is 5.32 Å². The molecular weight excluding hydrogens is 266 g/mol. The quantitative estimate of drug-likeness (QED) is 0.872. The summed E-state index contributed by atoms with van der Waals surface area (Å²) in [6.07, 6.45) is 0.659. The molecule has 0 aliphatic carbocycles. The van der Waals surface area contributed by atoms with E-state index in [4.69, 9.17) is 0 Å². The molecule has 0 aromatic heterocycles. The minimum absolute atomic E-state index is 0.397. The van der Waals surface area contributed by atoms with Crippen LogP contribution in [0.2, 0.25) is 0 Å². The van der Waals surface area contributed by atoms with Crippen LogP contribution >= 0.6 is 15.9 Å². The van der Waals surface area contributed by atoms with E-state index in [9.17, 15) is 5.11 Å². The molecule has 0 radical (unpaired) electrons. The smallest absolute Gasteiger partial charge is 0.0783 e. The maximum absolute atomic E-state index is 10.2. The lowest BCUT2D eigenvalue weighted by molar-refractivity contribution is 0.0581. The van der Waals surface area contributed by atoms with E-state index >= 15 is 0 Å². The summed E-state index contributed by atoms with van der Waals surface area (Å²) >= 11 is 3.43. The molecule has 0 bridgehead atoms. The van der Waals surface area contributed by atoms with E-state index in [2.05, 4.69) is 35.1 Å². The molecule has 90 valence electrons. The van der Waals surface area contributed by atoms with Gasteiger partial charge in [-0.1, -0.05) is 41.9 Å². The number of rotatable bonds is 5. The summed E-state index contributed by atoms with van der Waals surface area (Å²) in [5.74, 6) is 0. The van der Waals surface area contributed by atoms with Gasteiger partial charge in [-0.3, -0.25) is 0 Å². The lowest BCUT2D eigenvalue weighted by atomic mass is 9.96. The average Bonchev–Trinajstić information content (AvgIpc) is 2.14. The lowest BCUT2D eigenvalue weighted by Crippen LogP contribution is -2.42. The minimum atomic E-state index is -0.703. The van der Waals surface area contributed by atoms with Gasteiger partial charge in [-0.2, -0.15) is 0 Å². The molecular formula is C13H20BrNO. The lowest BCUT2D eigenvalue weighted by Gasteiger charge is -2.25. The van der Waals surface area contributed by atoms with Gasteiger partial charge in [0.15, 0.2) is 0 Å². The maximum atomic E-state index is 10.2. The van der Waals surface area contributed by atoms with Gasteiger partial charge < -0.3 is 10.4 Å². The Morgan fingerprint density at radius 2 is 2.12 bits per heavy atom. The van der Waals surface area contributed by atoms with Crippen molar-refractivity contribution >= 4 is 15.9 Å². The molecule has 2 N–H and O–H groups in total. The van der Waals surface area contributed by atoms with Gasteiger partial charge in [0.1, 0.15) is 0 Å². The second-order valence-corrected chi connectivity index (χ2v) is 5.75. The molecule has 0 amide bonds. The third-order valence-corrected chi connectivity index (χ3v) is 2.86. The van der Waals surface area contributed by atoms with Gasteiger partial charge >= 0.3 is 0 Å². The summed E-state index contributed by atoms with van der Waals surface area (Å²) in [5.41, 5.74) is 0.440. The van der Waals surface area contributed by atoms with E-state index in [0.29, 0.717) is 19.0 Å². The second-order valence-electron chi connectivity index (χ2n) is 4.84. The van der Waals surface area contributed by atoms with Crippen molar-refractivity contribution < 1.29 is 5.11 Å². The van der Waals surface area contributed by atoms with E-state index in [-0.39, 0.29) is 0 Å². The minimum Gasteiger partial charge on any atom is -0.389 e. The largest absolute Gasteiger partial charge is 0.389 e. The zero-order chi connectivity index (χ0) is 12.2. The van der Waals surface area contributed by atoms with Crippen LogP contribution in [0, 0.1) is 0 Å². The average molecular weight is 286 g/mol. The molecule has 0 aliphatic heterocycles. The first-order valence-corrected chi connectivity index (χ1v) is 6.38. The highest BCUT2D eigenvalue weighted by Gasteiger charge is 2.20. The van der Waals surface area contributed by atoms with Crippen molar-refractivity contribution in [2.24, 2.45) is 0 Å². The van der Waals surface area contributed by atoms with Gasteiger partial charge in [0.25, 0.3) is 0 Å². The summed E-state index contributed by atoms with van der Waals surface area (Å²) in [6.45, 7) is 6.63. The van der Waals surface area contributed by atoms with Crippen molar-refractivity contribution in [1.82, 2.24) is 5.32 Å². The van der Waals surface area contributed by atoms with Crippen molar-refractivity contribution in [3.63, 3.8) is 0 Å². The van der Waals surface area contributed by atoms with Gasteiger partial charge in [-0.15, -0.1) is 0 Å². The Kier molecular flexibility index (Phi) is 4.96. The Hall–Kier alpha value is -0.380. The van der Waals surface area contributed by atoms with Crippen LogP contribution in [-0.2, 0) is 6.42 Å². The molecule has 0 heterocycles. The maximum Gasteiger partial charge on any atom is 0.0783 e. The van der Waals surface area contributed by atoms with E-state index < -0.39 is 5.60 Å². The number of hydrogen-bond donors (Lipinski definition) is 2. The summed E-state index contributed by atoms with van der Waals surface area (Å²) in [5, 5.41) is 13.5. The summed E-state index contributed by atoms with van der Waals surface area (Å²) in [6, 6.07) is 8.46. The highest BCUT2D eigenvalue weighted by Crippen LogP contribution is 2.17. The summed E-state index contributed by atoms with van der Waals surface area (Å²) < 4.78 is 1.05. The Labute approximate surface area is 106 Å². The SMILES string of the molecule is CC(C)NCC(C)(O)Cc1cccc(Br)c1. The molecule has 1 rings (SSSR count). The van der Waals surface area contributed by atoms with Gasteiger partial charge in [0.05, 0.1) is 5.60 Å². The Morgan fingerprint density at radius 3 is 2.69 bits per heavy atom. The Bertz CT molecular complexity index is 336. The van der Waals surface area contributed by atoms with Crippen LogP contribution in [0.5, 0.6) is 0 Å². The third-order valence-electron chi connectivity index (χ3n) is 2.37. The molecule has 0 saturated heterocycles. The van der Waals surface area contributed by atoms with Gasteiger partial charge in [0.2, 0.25) is 0 Å². The van der Waals surface area contributed by atoms with E-state index in [1.54, 1.807) is 0 Å². The van der Waals surface area contributed by atoms with Gasteiger partial charge in [-0.05, 0) is 24.6 Å². The standard InChI is InChI=1S/C13H20BrNO/c1-10(2)15-9-13(3,16)8-11-5-4-6-12(14)7-11/h4-7,10,15-16H,8-9H2,1-3H3. The number of hydrogen-bond acceptors (Lipinski definition) is 2. The third kappa shape index (κ3) is 5.10. The van der Waals surface area contributed by atoms with Crippen LogP contribution in [0.3, 0.4) is 0 Å². The molecule has 16 heavy (non-hydrogen) atoms. The predicted octanol–water partition coefficient (Wildman–Crippen LogP) is 2.74. The zero-order valence-corrected chi connectivity index (χ0v) is 11.7. The van der Waals surface area contributed by atoms with Crippen molar-refractivity contribution in [2.75, 3.05) is 6.54 Å². The van der Waals surface area contributed by atoms with Crippen molar-refractivity contribution in [3.8, 4) is 0 Å². The normalized spacial score (nSPS) is 15.1. The first-order valence-electron chi connectivity index (χ1n) is 5.59. The number of benzene rings is 1. The molecule has 0 spiro atoms. The molecule has 1 unspecified atom stereocenters. The summed E-state index contributed by atoms with van der Waals surface area (Å²) in [4.78, 5) is 0. The monoisotopic (exact) mass is 285 g/mol. The van der Waals surface area contributed by atoms with Crippen LogP contribution in [0.15, 0.2) is 28.7 Å². The van der Waals surface area contributed by atoms with Gasteiger partial charge in [0, 0.05) is 23.5 Å². The molecule has 2 nitrogen and oxygen atoms in total. The van der Waals surface area contributed by atoms with Gasteiger partial charge in [-0.25, -0.2) is 0 Å². The molecule has 0 aliphatic rings. The van der Waals surface area contributed by atoms with Crippen LogP contribution in [-0.4, -0.2) is 23.3 Å². The van der Waals surface area contributed by atoms with Crippen molar-refractivity contribution in [1.29, 1.82) is 0 Å². The molecule has 1 aromatic rings. The van der Waals surface area contributed by atoms with E-state index in [1.807, 2.05) is 31.2 Å². The molecule has 3 heteroatoms. The first kappa shape index (κ1) is 13.7. The number of nitrogens with one attached hydrogen (secondary N) is 1. The summed E-state index contributed by atoms with van der Waals surface area (Å²) in [7, 11) is 0. The second kappa shape index (κ2) is 5.80. The fraction of sp³-hybridized carbons (Fsp3) is 0.538. The van der Waals surface area contributed by atoms with Crippen LogP contribution in [0.1, 0.15) is 26.3 Å².